The Morgan fingerprint density at radius 1 is 1.12 bits per heavy atom. The summed E-state index contributed by atoms with van der Waals surface area (Å²) in [6.07, 6.45) is 3.32. The summed E-state index contributed by atoms with van der Waals surface area (Å²) in [5.41, 5.74) is 9.59. The summed E-state index contributed by atoms with van der Waals surface area (Å²) in [7, 11) is 0. The summed E-state index contributed by atoms with van der Waals surface area (Å²) < 4.78 is 1.67. The smallest absolute Gasteiger partial charge is 0.209 e. The van der Waals surface area contributed by atoms with Crippen LogP contribution in [0.4, 0.5) is 5.69 Å². The lowest BCUT2D eigenvalue weighted by Crippen LogP contribution is -2.20. The summed E-state index contributed by atoms with van der Waals surface area (Å²) >= 11 is 0. The van der Waals surface area contributed by atoms with Crippen molar-refractivity contribution in [2.75, 3.05) is 0 Å². The van der Waals surface area contributed by atoms with E-state index in [4.69, 9.17) is 5.73 Å². The molecule has 3 aromatic rings. The van der Waals surface area contributed by atoms with E-state index in [9.17, 15) is 4.79 Å². The molecule has 0 spiro atoms. The molecule has 5 nitrogen and oxygen atoms in total. The van der Waals surface area contributed by atoms with Gasteiger partial charge in [0.05, 0.1) is 17.1 Å². The number of hydrogen-bond donors (Lipinski definition) is 1. The van der Waals surface area contributed by atoms with Gasteiger partial charge in [-0.25, -0.2) is 9.67 Å². The van der Waals surface area contributed by atoms with Gasteiger partial charge in [0.2, 0.25) is 5.43 Å². The number of allylic oxidation sites excluding steroid dienone is 2. The van der Waals surface area contributed by atoms with E-state index in [0.717, 1.165) is 16.9 Å². The molecule has 26 heavy (non-hydrogen) atoms. The van der Waals surface area contributed by atoms with E-state index in [2.05, 4.69) is 10.1 Å². The SMILES string of the molecule is CC(N)=CC(=Nc1ccccc1)c1nn(-c2cccc(C)c2)ccc1=O. The van der Waals surface area contributed by atoms with Gasteiger partial charge in [0.1, 0.15) is 0 Å². The number of hydrogen-bond acceptors (Lipinski definition) is 4. The van der Waals surface area contributed by atoms with Crippen molar-refractivity contribution in [3.05, 3.63) is 100 Å². The highest BCUT2D eigenvalue weighted by Gasteiger charge is 2.10. The van der Waals surface area contributed by atoms with Gasteiger partial charge in [-0.15, -0.1) is 0 Å². The van der Waals surface area contributed by atoms with Gasteiger partial charge in [-0.2, -0.15) is 5.10 Å². The van der Waals surface area contributed by atoms with Crippen molar-refractivity contribution < 1.29 is 0 Å². The zero-order chi connectivity index (χ0) is 18.5. The minimum atomic E-state index is -0.207. The lowest BCUT2D eigenvalue weighted by atomic mass is 10.2. The first-order valence-electron chi connectivity index (χ1n) is 8.28. The Hall–Kier alpha value is -3.47. The van der Waals surface area contributed by atoms with Crippen LogP contribution in [-0.2, 0) is 0 Å². The summed E-state index contributed by atoms with van der Waals surface area (Å²) in [5, 5.41) is 4.51. The molecular weight excluding hydrogens is 324 g/mol. The van der Waals surface area contributed by atoms with Gasteiger partial charge in [0.25, 0.3) is 0 Å². The number of aromatic nitrogens is 2. The van der Waals surface area contributed by atoms with Crippen LogP contribution in [0.5, 0.6) is 0 Å². The molecular formula is C21H20N4O. The maximum Gasteiger partial charge on any atom is 0.209 e. The zero-order valence-electron chi connectivity index (χ0n) is 14.8. The summed E-state index contributed by atoms with van der Waals surface area (Å²) in [4.78, 5) is 17.0. The number of aryl methyl sites for hydroxylation is 1. The second-order valence-corrected chi connectivity index (χ2v) is 6.03. The molecule has 1 heterocycles. The van der Waals surface area contributed by atoms with Crippen LogP contribution in [-0.4, -0.2) is 15.5 Å². The Labute approximate surface area is 152 Å². The lowest BCUT2D eigenvalue weighted by Gasteiger charge is -2.09. The summed E-state index contributed by atoms with van der Waals surface area (Å²) in [5.74, 6) is 0. The number of benzene rings is 2. The topological polar surface area (TPSA) is 73.3 Å². The quantitative estimate of drug-likeness (QED) is 0.736. The van der Waals surface area contributed by atoms with Gasteiger partial charge in [0, 0.05) is 18.0 Å². The maximum absolute atomic E-state index is 12.5. The van der Waals surface area contributed by atoms with Crippen molar-refractivity contribution in [1.29, 1.82) is 0 Å². The van der Waals surface area contributed by atoms with E-state index in [1.165, 1.54) is 6.07 Å². The molecule has 130 valence electrons. The van der Waals surface area contributed by atoms with E-state index < -0.39 is 0 Å². The maximum atomic E-state index is 12.5. The second-order valence-electron chi connectivity index (χ2n) is 6.03. The van der Waals surface area contributed by atoms with Crippen LogP contribution in [0.1, 0.15) is 18.2 Å². The van der Waals surface area contributed by atoms with Gasteiger partial charge in [-0.1, -0.05) is 30.3 Å². The van der Waals surface area contributed by atoms with Crippen molar-refractivity contribution >= 4 is 11.4 Å². The zero-order valence-corrected chi connectivity index (χ0v) is 14.8. The standard InChI is InChI=1S/C21H20N4O/c1-15-7-6-10-18(13-15)25-12-11-20(26)21(24-25)19(14-16(2)22)23-17-8-4-3-5-9-17/h3-14H,22H2,1-2H3. The first-order chi connectivity index (χ1) is 12.5. The highest BCUT2D eigenvalue weighted by Crippen LogP contribution is 2.13. The molecule has 0 aliphatic heterocycles. The molecule has 0 aliphatic carbocycles. The molecule has 0 fully saturated rings. The first-order valence-corrected chi connectivity index (χ1v) is 8.28. The highest BCUT2D eigenvalue weighted by atomic mass is 16.1. The fourth-order valence-electron chi connectivity index (χ4n) is 2.51. The van der Waals surface area contributed by atoms with Gasteiger partial charge in [-0.3, -0.25) is 4.79 Å². The monoisotopic (exact) mass is 344 g/mol. The van der Waals surface area contributed by atoms with Crippen LogP contribution in [0.3, 0.4) is 0 Å². The number of para-hydroxylation sites is 1. The third-order valence-electron chi connectivity index (χ3n) is 3.69. The van der Waals surface area contributed by atoms with Crippen molar-refractivity contribution in [2.24, 2.45) is 10.7 Å². The van der Waals surface area contributed by atoms with Crippen molar-refractivity contribution in [1.82, 2.24) is 9.78 Å². The molecule has 0 radical (unpaired) electrons. The van der Waals surface area contributed by atoms with E-state index >= 15 is 0 Å². The molecule has 0 bridgehead atoms. The van der Waals surface area contributed by atoms with E-state index in [1.54, 1.807) is 23.9 Å². The normalized spacial score (nSPS) is 12.2. The second kappa shape index (κ2) is 7.61. The third-order valence-corrected chi connectivity index (χ3v) is 3.69. The fraction of sp³-hybridized carbons (Fsp3) is 0.0952. The Bertz CT molecular complexity index is 1030. The Kier molecular flexibility index (Phi) is 5.08. The molecule has 0 aliphatic rings. The van der Waals surface area contributed by atoms with Crippen LogP contribution < -0.4 is 11.2 Å². The average Bonchev–Trinajstić information content (AvgIpc) is 2.62. The Morgan fingerprint density at radius 3 is 2.58 bits per heavy atom. The Balaban J connectivity index is 2.15. The average molecular weight is 344 g/mol. The van der Waals surface area contributed by atoms with Crippen LogP contribution in [0, 0.1) is 6.92 Å². The molecule has 0 unspecified atom stereocenters. The molecule has 2 aromatic carbocycles. The van der Waals surface area contributed by atoms with E-state index in [-0.39, 0.29) is 11.1 Å². The molecule has 0 amide bonds. The third kappa shape index (κ3) is 4.13. The minimum absolute atomic E-state index is 0.207. The number of rotatable bonds is 4. The number of nitrogens with zero attached hydrogens (tertiary/aromatic N) is 3. The predicted octanol–water partition coefficient (Wildman–Crippen LogP) is 3.52. The predicted molar refractivity (Wildman–Crippen MR) is 105 cm³/mol. The van der Waals surface area contributed by atoms with Crippen molar-refractivity contribution in [2.45, 2.75) is 13.8 Å². The minimum Gasteiger partial charge on any atom is -0.402 e. The Morgan fingerprint density at radius 2 is 1.88 bits per heavy atom. The fourth-order valence-corrected chi connectivity index (χ4v) is 2.51. The summed E-state index contributed by atoms with van der Waals surface area (Å²) in [6.45, 7) is 3.76. The molecule has 0 saturated heterocycles. The largest absolute Gasteiger partial charge is 0.402 e. The van der Waals surface area contributed by atoms with Crippen LogP contribution in [0.2, 0.25) is 0 Å². The molecule has 5 heteroatoms. The summed E-state index contributed by atoms with van der Waals surface area (Å²) in [6, 6.07) is 18.8. The van der Waals surface area contributed by atoms with Gasteiger partial charge < -0.3 is 5.73 Å². The number of nitrogens with two attached hydrogens (primary N) is 1. The molecule has 1 aromatic heterocycles. The molecule has 3 rings (SSSR count). The molecule has 0 atom stereocenters. The van der Waals surface area contributed by atoms with E-state index in [0.29, 0.717) is 11.4 Å². The van der Waals surface area contributed by atoms with E-state index in [1.807, 2.05) is 61.5 Å². The van der Waals surface area contributed by atoms with Crippen molar-refractivity contribution in [3.8, 4) is 5.69 Å². The van der Waals surface area contributed by atoms with Gasteiger partial charge in [0.15, 0.2) is 5.69 Å². The first kappa shape index (κ1) is 17.4. The van der Waals surface area contributed by atoms with Crippen LogP contribution >= 0.6 is 0 Å². The van der Waals surface area contributed by atoms with Crippen LogP contribution in [0.15, 0.2) is 88.4 Å². The number of aliphatic imine (C=N–C) groups is 1. The van der Waals surface area contributed by atoms with Gasteiger partial charge >= 0.3 is 0 Å². The lowest BCUT2D eigenvalue weighted by molar-refractivity contribution is 0.828. The molecule has 0 saturated carbocycles. The van der Waals surface area contributed by atoms with Crippen molar-refractivity contribution in [3.63, 3.8) is 0 Å². The van der Waals surface area contributed by atoms with Crippen LogP contribution in [0.25, 0.3) is 5.69 Å². The highest BCUT2D eigenvalue weighted by molar-refractivity contribution is 6.08. The van der Waals surface area contributed by atoms with Gasteiger partial charge in [-0.05, 0) is 49.8 Å². The molecule has 2 N–H and O–H groups in total.